The molecule has 0 aromatic rings. The van der Waals surface area contributed by atoms with Crippen LogP contribution in [0.4, 0.5) is 4.79 Å². The Kier molecular flexibility index (Phi) is 5.84. The summed E-state index contributed by atoms with van der Waals surface area (Å²) in [5.41, 5.74) is 0. The molecule has 0 radical (unpaired) electrons. The number of carbonyl (C=O) groups is 1. The Morgan fingerprint density at radius 2 is 2.17 bits per heavy atom. The first-order valence-electron chi connectivity index (χ1n) is 4.02. The third-order valence-corrected chi connectivity index (χ3v) is 1.84. The molecule has 1 heterocycles. The van der Waals surface area contributed by atoms with Gasteiger partial charge in [0.25, 0.3) is 0 Å². The summed E-state index contributed by atoms with van der Waals surface area (Å²) in [6, 6.07) is 0.0358. The molecule has 0 atom stereocenters. The molecule has 0 aliphatic carbocycles. The fraction of sp³-hybridized carbons (Fsp3) is 0.857. The number of carbonyl (C=O) groups excluding carboxylic acids is 1. The lowest BCUT2D eigenvalue weighted by Crippen LogP contribution is -2.40. The second-order valence-corrected chi connectivity index (χ2v) is 2.65. The number of nitrogens with one attached hydrogen (secondary N) is 2. The average molecular weight is 194 g/mol. The molecule has 1 aliphatic heterocycles. The number of rotatable bonds is 0. The van der Waals surface area contributed by atoms with Crippen LogP contribution in [0.5, 0.6) is 0 Å². The Morgan fingerprint density at radius 1 is 1.42 bits per heavy atom. The van der Waals surface area contributed by atoms with E-state index in [0.29, 0.717) is 0 Å². The average Bonchev–Trinajstić information content (AvgIpc) is 2.30. The van der Waals surface area contributed by atoms with Crippen LogP contribution in [0, 0.1) is 0 Å². The molecule has 72 valence electrons. The van der Waals surface area contributed by atoms with Gasteiger partial charge < -0.3 is 15.5 Å². The molecule has 0 aromatic carbocycles. The lowest BCUT2D eigenvalue weighted by atomic mass is 10.4. The predicted molar refractivity (Wildman–Crippen MR) is 50.8 cm³/mol. The van der Waals surface area contributed by atoms with Crippen molar-refractivity contribution in [1.82, 2.24) is 15.5 Å². The van der Waals surface area contributed by atoms with Gasteiger partial charge in [-0.1, -0.05) is 0 Å². The Hall–Kier alpha value is -0.480. The van der Waals surface area contributed by atoms with Gasteiger partial charge in [-0.2, -0.15) is 0 Å². The molecule has 5 heteroatoms. The van der Waals surface area contributed by atoms with Crippen molar-refractivity contribution in [3.8, 4) is 0 Å². The van der Waals surface area contributed by atoms with E-state index in [4.69, 9.17) is 0 Å². The smallest absolute Gasteiger partial charge is 0.317 e. The van der Waals surface area contributed by atoms with E-state index in [9.17, 15) is 4.79 Å². The molecular weight excluding hydrogens is 178 g/mol. The highest BCUT2D eigenvalue weighted by molar-refractivity contribution is 5.85. The van der Waals surface area contributed by atoms with Crippen LogP contribution in [-0.2, 0) is 0 Å². The van der Waals surface area contributed by atoms with Crippen molar-refractivity contribution in [1.29, 1.82) is 0 Å². The fourth-order valence-corrected chi connectivity index (χ4v) is 1.21. The summed E-state index contributed by atoms with van der Waals surface area (Å²) >= 11 is 0. The number of urea groups is 1. The molecular formula is C7H16ClN3O. The summed E-state index contributed by atoms with van der Waals surface area (Å²) < 4.78 is 0. The van der Waals surface area contributed by atoms with Crippen molar-refractivity contribution in [2.24, 2.45) is 0 Å². The van der Waals surface area contributed by atoms with Crippen molar-refractivity contribution in [2.75, 3.05) is 33.2 Å². The molecule has 1 aliphatic rings. The lowest BCUT2D eigenvalue weighted by molar-refractivity contribution is 0.203. The van der Waals surface area contributed by atoms with Crippen LogP contribution in [-0.4, -0.2) is 44.2 Å². The van der Waals surface area contributed by atoms with E-state index in [2.05, 4.69) is 10.6 Å². The zero-order valence-corrected chi connectivity index (χ0v) is 8.12. The molecule has 1 fully saturated rings. The highest BCUT2D eigenvalue weighted by Crippen LogP contribution is 1.94. The summed E-state index contributed by atoms with van der Waals surface area (Å²) in [4.78, 5) is 12.9. The first-order chi connectivity index (χ1) is 5.34. The predicted octanol–water partition coefficient (Wildman–Crippen LogP) is 0.0429. The standard InChI is InChI=1S/C7H15N3O.ClH/c1-8-7(11)10-5-2-3-9-4-6-10;/h9H,2-6H2,1H3,(H,8,11);1H. The monoisotopic (exact) mass is 193 g/mol. The minimum Gasteiger partial charge on any atom is -0.341 e. The quantitative estimate of drug-likeness (QED) is 0.571. The molecule has 0 spiro atoms. The van der Waals surface area contributed by atoms with Gasteiger partial charge in [0.05, 0.1) is 0 Å². The van der Waals surface area contributed by atoms with Gasteiger partial charge in [0.1, 0.15) is 0 Å². The summed E-state index contributed by atoms with van der Waals surface area (Å²) in [6.45, 7) is 3.62. The molecule has 2 N–H and O–H groups in total. The number of nitrogens with zero attached hydrogens (tertiary/aromatic N) is 1. The van der Waals surface area contributed by atoms with Crippen molar-refractivity contribution in [3.05, 3.63) is 0 Å². The van der Waals surface area contributed by atoms with Crippen LogP contribution in [0.25, 0.3) is 0 Å². The highest BCUT2D eigenvalue weighted by atomic mass is 35.5. The SMILES string of the molecule is CNC(=O)N1CCCNCC1.Cl. The van der Waals surface area contributed by atoms with E-state index >= 15 is 0 Å². The van der Waals surface area contributed by atoms with Gasteiger partial charge in [0, 0.05) is 26.7 Å². The Labute approximate surface area is 79.1 Å². The highest BCUT2D eigenvalue weighted by Gasteiger charge is 2.12. The summed E-state index contributed by atoms with van der Waals surface area (Å²) in [5.74, 6) is 0. The number of hydrogen-bond acceptors (Lipinski definition) is 2. The van der Waals surface area contributed by atoms with Gasteiger partial charge in [-0.3, -0.25) is 0 Å². The van der Waals surface area contributed by atoms with E-state index < -0.39 is 0 Å². The van der Waals surface area contributed by atoms with Gasteiger partial charge in [0.2, 0.25) is 0 Å². The third-order valence-electron chi connectivity index (χ3n) is 1.84. The Morgan fingerprint density at radius 3 is 2.83 bits per heavy atom. The van der Waals surface area contributed by atoms with Crippen LogP contribution >= 0.6 is 12.4 Å². The van der Waals surface area contributed by atoms with Crippen molar-refractivity contribution in [2.45, 2.75) is 6.42 Å². The number of halogens is 1. The molecule has 1 saturated heterocycles. The van der Waals surface area contributed by atoms with Gasteiger partial charge >= 0.3 is 6.03 Å². The molecule has 0 bridgehead atoms. The van der Waals surface area contributed by atoms with E-state index in [1.165, 1.54) is 0 Å². The van der Waals surface area contributed by atoms with Crippen LogP contribution < -0.4 is 10.6 Å². The minimum atomic E-state index is 0. The first-order valence-corrected chi connectivity index (χ1v) is 4.02. The molecule has 0 aromatic heterocycles. The van der Waals surface area contributed by atoms with Gasteiger partial charge in [-0.05, 0) is 13.0 Å². The van der Waals surface area contributed by atoms with Crippen molar-refractivity contribution >= 4 is 18.4 Å². The van der Waals surface area contributed by atoms with E-state index in [1.54, 1.807) is 7.05 Å². The maximum atomic E-state index is 11.1. The Bertz CT molecular complexity index is 135. The summed E-state index contributed by atoms with van der Waals surface area (Å²) in [6.07, 6.45) is 1.05. The van der Waals surface area contributed by atoms with Crippen molar-refractivity contribution in [3.63, 3.8) is 0 Å². The first kappa shape index (κ1) is 11.5. The molecule has 2 amide bonds. The summed E-state index contributed by atoms with van der Waals surface area (Å²) in [5, 5.41) is 5.86. The molecule has 1 rings (SSSR count). The zero-order valence-electron chi connectivity index (χ0n) is 7.30. The van der Waals surface area contributed by atoms with Gasteiger partial charge in [0.15, 0.2) is 0 Å². The van der Waals surface area contributed by atoms with Crippen LogP contribution in [0.1, 0.15) is 6.42 Å². The second kappa shape index (κ2) is 6.08. The van der Waals surface area contributed by atoms with Gasteiger partial charge in [-0.25, -0.2) is 4.79 Å². The second-order valence-electron chi connectivity index (χ2n) is 2.65. The molecule has 0 unspecified atom stereocenters. The van der Waals surface area contributed by atoms with Crippen LogP contribution in [0.15, 0.2) is 0 Å². The fourth-order valence-electron chi connectivity index (χ4n) is 1.21. The largest absolute Gasteiger partial charge is 0.341 e. The minimum absolute atomic E-state index is 0. The van der Waals surface area contributed by atoms with E-state index in [0.717, 1.165) is 32.6 Å². The lowest BCUT2D eigenvalue weighted by Gasteiger charge is -2.18. The van der Waals surface area contributed by atoms with Crippen molar-refractivity contribution < 1.29 is 4.79 Å². The summed E-state index contributed by atoms with van der Waals surface area (Å²) in [7, 11) is 1.67. The maximum Gasteiger partial charge on any atom is 0.317 e. The molecule has 4 nitrogen and oxygen atoms in total. The van der Waals surface area contributed by atoms with E-state index in [-0.39, 0.29) is 18.4 Å². The number of hydrogen-bond donors (Lipinski definition) is 2. The third kappa shape index (κ3) is 3.28. The normalized spacial score (nSPS) is 17.6. The van der Waals surface area contributed by atoms with Crippen LogP contribution in [0.3, 0.4) is 0 Å². The van der Waals surface area contributed by atoms with E-state index in [1.807, 2.05) is 4.90 Å². The van der Waals surface area contributed by atoms with Crippen LogP contribution in [0.2, 0.25) is 0 Å². The molecule has 0 saturated carbocycles. The zero-order chi connectivity index (χ0) is 8.10. The topological polar surface area (TPSA) is 44.4 Å². The van der Waals surface area contributed by atoms with Gasteiger partial charge in [-0.15, -0.1) is 12.4 Å². The number of amides is 2. The maximum absolute atomic E-state index is 11.1. The molecule has 12 heavy (non-hydrogen) atoms. The Balaban J connectivity index is 0.00000121.